The van der Waals surface area contributed by atoms with Crippen molar-refractivity contribution >= 4 is 10.9 Å². The first-order chi connectivity index (χ1) is 12.2. The number of nitrogens with zero attached hydrogens (tertiary/aromatic N) is 4. The van der Waals surface area contributed by atoms with Gasteiger partial charge in [0, 0.05) is 43.8 Å². The number of fused-ring (bicyclic) bond motifs is 1. The van der Waals surface area contributed by atoms with Crippen molar-refractivity contribution in [1.82, 2.24) is 24.2 Å². The second-order valence-electron chi connectivity index (χ2n) is 6.96. The first-order valence-electron chi connectivity index (χ1n) is 9.08. The molecule has 0 aliphatic carbocycles. The number of H-pyrrole nitrogens is 1. The van der Waals surface area contributed by atoms with E-state index in [4.69, 9.17) is 0 Å². The predicted molar refractivity (Wildman–Crippen MR) is 98.7 cm³/mol. The quantitative estimate of drug-likeness (QED) is 0.794. The van der Waals surface area contributed by atoms with Crippen LogP contribution >= 0.6 is 0 Å². The lowest BCUT2D eigenvalue weighted by atomic mass is 9.97. The van der Waals surface area contributed by atoms with E-state index in [1.54, 1.807) is 7.05 Å². The third-order valence-electron chi connectivity index (χ3n) is 5.20. The molecule has 1 N–H and O–H groups in total. The SMILES string of the molecule is CCn1c(C2CCCN(Cc3cc4ccccc4[nH]3)C2)nn(C)c1=O. The zero-order valence-corrected chi connectivity index (χ0v) is 14.9. The van der Waals surface area contributed by atoms with Crippen molar-refractivity contribution in [1.29, 1.82) is 0 Å². The molecule has 25 heavy (non-hydrogen) atoms. The highest BCUT2D eigenvalue weighted by molar-refractivity contribution is 5.80. The maximum absolute atomic E-state index is 12.2. The van der Waals surface area contributed by atoms with Crippen LogP contribution in [0.4, 0.5) is 0 Å². The minimum Gasteiger partial charge on any atom is -0.357 e. The lowest BCUT2D eigenvalue weighted by Gasteiger charge is -2.31. The minimum atomic E-state index is -0.00904. The number of hydrogen-bond acceptors (Lipinski definition) is 3. The number of nitrogens with one attached hydrogen (secondary N) is 1. The predicted octanol–water partition coefficient (Wildman–Crippen LogP) is 2.46. The fraction of sp³-hybridized carbons (Fsp3) is 0.474. The van der Waals surface area contributed by atoms with E-state index in [1.165, 1.54) is 21.3 Å². The highest BCUT2D eigenvalue weighted by Crippen LogP contribution is 2.26. The Kier molecular flexibility index (Phi) is 4.21. The van der Waals surface area contributed by atoms with Crippen molar-refractivity contribution in [2.75, 3.05) is 13.1 Å². The van der Waals surface area contributed by atoms with Crippen molar-refractivity contribution in [3.63, 3.8) is 0 Å². The standard InChI is InChI=1S/C19H25N5O/c1-3-24-18(21-22(2)19(24)25)15-8-6-10-23(12-15)13-16-11-14-7-4-5-9-17(14)20-16/h4-5,7,9,11,15,20H,3,6,8,10,12-13H2,1-2H3. The lowest BCUT2D eigenvalue weighted by molar-refractivity contribution is 0.192. The maximum Gasteiger partial charge on any atom is 0.345 e. The summed E-state index contributed by atoms with van der Waals surface area (Å²) in [5.41, 5.74) is 2.43. The average molecular weight is 339 g/mol. The van der Waals surface area contributed by atoms with Gasteiger partial charge in [0.1, 0.15) is 5.82 Å². The van der Waals surface area contributed by atoms with E-state index in [2.05, 4.69) is 45.3 Å². The normalized spacial score (nSPS) is 18.9. The summed E-state index contributed by atoms with van der Waals surface area (Å²) in [6.45, 7) is 5.65. The highest BCUT2D eigenvalue weighted by Gasteiger charge is 2.26. The van der Waals surface area contributed by atoms with E-state index in [1.807, 2.05) is 11.5 Å². The van der Waals surface area contributed by atoms with Gasteiger partial charge in [0.05, 0.1) is 0 Å². The largest absolute Gasteiger partial charge is 0.357 e. The van der Waals surface area contributed by atoms with Crippen LogP contribution in [0, 0.1) is 0 Å². The molecule has 6 nitrogen and oxygen atoms in total. The van der Waals surface area contributed by atoms with Crippen molar-refractivity contribution in [2.45, 2.75) is 38.8 Å². The molecule has 0 spiro atoms. The van der Waals surface area contributed by atoms with Crippen molar-refractivity contribution in [3.8, 4) is 0 Å². The molecule has 0 radical (unpaired) electrons. The Morgan fingerprint density at radius 3 is 2.96 bits per heavy atom. The molecule has 1 aliphatic heterocycles. The van der Waals surface area contributed by atoms with Crippen LogP contribution in [0.25, 0.3) is 10.9 Å². The summed E-state index contributed by atoms with van der Waals surface area (Å²) >= 11 is 0. The van der Waals surface area contributed by atoms with Gasteiger partial charge >= 0.3 is 5.69 Å². The number of aromatic amines is 1. The summed E-state index contributed by atoms with van der Waals surface area (Å²) in [5.74, 6) is 1.27. The lowest BCUT2D eigenvalue weighted by Crippen LogP contribution is -2.35. The van der Waals surface area contributed by atoms with Crippen LogP contribution in [-0.4, -0.2) is 37.3 Å². The Morgan fingerprint density at radius 2 is 2.16 bits per heavy atom. The third kappa shape index (κ3) is 3.02. The smallest absolute Gasteiger partial charge is 0.345 e. The molecule has 3 aromatic rings. The second kappa shape index (κ2) is 6.52. The van der Waals surface area contributed by atoms with E-state index < -0.39 is 0 Å². The number of aromatic nitrogens is 4. The zero-order valence-electron chi connectivity index (χ0n) is 14.9. The van der Waals surface area contributed by atoms with Gasteiger partial charge in [-0.2, -0.15) is 5.10 Å². The van der Waals surface area contributed by atoms with Crippen LogP contribution in [-0.2, 0) is 20.1 Å². The molecule has 0 bridgehead atoms. The first-order valence-corrected chi connectivity index (χ1v) is 9.08. The molecule has 1 unspecified atom stereocenters. The Balaban J connectivity index is 1.53. The molecule has 1 fully saturated rings. The van der Waals surface area contributed by atoms with Crippen LogP contribution in [0.15, 0.2) is 35.1 Å². The van der Waals surface area contributed by atoms with Gasteiger partial charge in [0.2, 0.25) is 0 Å². The van der Waals surface area contributed by atoms with E-state index in [0.717, 1.165) is 38.3 Å². The summed E-state index contributed by atoms with van der Waals surface area (Å²) in [6, 6.07) is 10.6. The Morgan fingerprint density at radius 1 is 1.32 bits per heavy atom. The molecule has 1 aromatic carbocycles. The summed E-state index contributed by atoms with van der Waals surface area (Å²) < 4.78 is 3.28. The molecular weight excluding hydrogens is 314 g/mol. The fourth-order valence-electron chi connectivity index (χ4n) is 3.99. The van der Waals surface area contributed by atoms with Gasteiger partial charge in [-0.05, 0) is 43.8 Å². The van der Waals surface area contributed by atoms with Crippen molar-refractivity contribution in [3.05, 3.63) is 52.3 Å². The molecule has 4 rings (SSSR count). The molecular formula is C19H25N5O. The first kappa shape index (κ1) is 16.1. The summed E-state index contributed by atoms with van der Waals surface area (Å²) in [4.78, 5) is 18.2. The third-order valence-corrected chi connectivity index (χ3v) is 5.20. The Hall–Kier alpha value is -2.34. The topological polar surface area (TPSA) is 58.9 Å². The van der Waals surface area contributed by atoms with Crippen LogP contribution in [0.5, 0.6) is 0 Å². The molecule has 2 aromatic heterocycles. The van der Waals surface area contributed by atoms with E-state index >= 15 is 0 Å². The van der Waals surface area contributed by atoms with Gasteiger partial charge in [-0.15, -0.1) is 0 Å². The van der Waals surface area contributed by atoms with Crippen LogP contribution in [0.1, 0.15) is 37.2 Å². The van der Waals surface area contributed by atoms with Gasteiger partial charge in [-0.25, -0.2) is 9.48 Å². The van der Waals surface area contributed by atoms with Crippen molar-refractivity contribution < 1.29 is 0 Å². The fourth-order valence-corrected chi connectivity index (χ4v) is 3.99. The Bertz CT molecular complexity index is 902. The van der Waals surface area contributed by atoms with E-state index in [-0.39, 0.29) is 5.69 Å². The minimum absolute atomic E-state index is 0.00904. The van der Waals surface area contributed by atoms with Gasteiger partial charge in [0.25, 0.3) is 0 Å². The number of rotatable bonds is 4. The van der Waals surface area contributed by atoms with Crippen LogP contribution < -0.4 is 5.69 Å². The van der Waals surface area contributed by atoms with E-state index in [9.17, 15) is 4.79 Å². The maximum atomic E-state index is 12.2. The molecule has 1 saturated heterocycles. The summed E-state index contributed by atoms with van der Waals surface area (Å²) in [6.07, 6.45) is 2.24. The number of likely N-dealkylation sites (tertiary alicyclic amines) is 1. The molecule has 1 atom stereocenters. The molecule has 3 heterocycles. The number of hydrogen-bond donors (Lipinski definition) is 1. The highest BCUT2D eigenvalue weighted by atomic mass is 16.2. The number of piperidine rings is 1. The van der Waals surface area contributed by atoms with Gasteiger partial charge < -0.3 is 4.98 Å². The number of aryl methyl sites for hydroxylation is 1. The number of benzene rings is 1. The summed E-state index contributed by atoms with van der Waals surface area (Å²) in [5, 5.41) is 5.77. The van der Waals surface area contributed by atoms with Gasteiger partial charge in [-0.3, -0.25) is 9.47 Å². The molecule has 6 heteroatoms. The molecule has 0 amide bonds. The van der Waals surface area contributed by atoms with Crippen LogP contribution in [0.3, 0.4) is 0 Å². The Labute approximate surface area is 147 Å². The average Bonchev–Trinajstić information content (AvgIpc) is 3.15. The van der Waals surface area contributed by atoms with Crippen LogP contribution in [0.2, 0.25) is 0 Å². The monoisotopic (exact) mass is 339 g/mol. The number of para-hydroxylation sites is 1. The summed E-state index contributed by atoms with van der Waals surface area (Å²) in [7, 11) is 1.74. The molecule has 132 valence electrons. The second-order valence-corrected chi connectivity index (χ2v) is 6.96. The van der Waals surface area contributed by atoms with Crippen molar-refractivity contribution in [2.24, 2.45) is 7.05 Å². The van der Waals surface area contributed by atoms with Gasteiger partial charge in [-0.1, -0.05) is 18.2 Å². The van der Waals surface area contributed by atoms with Gasteiger partial charge in [0.15, 0.2) is 0 Å². The molecule has 1 aliphatic rings. The zero-order chi connectivity index (χ0) is 17.4. The van der Waals surface area contributed by atoms with E-state index in [0.29, 0.717) is 12.5 Å². The molecule has 0 saturated carbocycles.